The van der Waals surface area contributed by atoms with Gasteiger partial charge in [0.1, 0.15) is 17.3 Å². The Labute approximate surface area is 130 Å². The summed E-state index contributed by atoms with van der Waals surface area (Å²) in [7, 11) is 0. The molecule has 3 rings (SSSR count). The Hall–Kier alpha value is -1.91. The van der Waals surface area contributed by atoms with Crippen LogP contribution in [0.4, 0.5) is 4.39 Å². The topological polar surface area (TPSA) is 30.5 Å². The molecule has 1 N–H and O–H groups in total. The van der Waals surface area contributed by atoms with E-state index in [0.29, 0.717) is 11.8 Å². The van der Waals surface area contributed by atoms with Crippen LogP contribution in [-0.4, -0.2) is 19.3 Å². The van der Waals surface area contributed by atoms with Gasteiger partial charge < -0.3 is 14.8 Å². The van der Waals surface area contributed by atoms with E-state index in [9.17, 15) is 4.39 Å². The maximum atomic E-state index is 12.8. The molecule has 0 unspecified atom stereocenters. The first-order valence-electron chi connectivity index (χ1n) is 7.63. The standard InChI is InChI=1S/C18H20FNO2/c19-15-3-7-18(8-4-15)22-17-5-1-14(2-6-17)13-20-16-9-11-21-12-10-16/h1-8,16,20H,9-13H2. The molecule has 0 aromatic heterocycles. The molecule has 22 heavy (non-hydrogen) atoms. The molecule has 0 spiro atoms. The molecule has 2 aromatic carbocycles. The van der Waals surface area contributed by atoms with Crippen molar-refractivity contribution in [1.29, 1.82) is 0 Å². The van der Waals surface area contributed by atoms with E-state index < -0.39 is 0 Å². The summed E-state index contributed by atoms with van der Waals surface area (Å²) < 4.78 is 23.9. The minimum Gasteiger partial charge on any atom is -0.457 e. The number of benzene rings is 2. The second-order valence-electron chi connectivity index (χ2n) is 5.47. The Kier molecular flexibility index (Phi) is 5.03. The molecule has 1 fully saturated rings. The fraction of sp³-hybridized carbons (Fsp3) is 0.333. The van der Waals surface area contributed by atoms with Crippen LogP contribution in [-0.2, 0) is 11.3 Å². The van der Waals surface area contributed by atoms with Crippen LogP contribution in [0.2, 0.25) is 0 Å². The number of rotatable bonds is 5. The van der Waals surface area contributed by atoms with Crippen molar-refractivity contribution < 1.29 is 13.9 Å². The second kappa shape index (κ2) is 7.38. The molecule has 0 atom stereocenters. The Morgan fingerprint density at radius 3 is 2.18 bits per heavy atom. The van der Waals surface area contributed by atoms with Crippen LogP contribution in [0.3, 0.4) is 0 Å². The van der Waals surface area contributed by atoms with Crippen LogP contribution in [0.15, 0.2) is 48.5 Å². The Balaban J connectivity index is 1.52. The van der Waals surface area contributed by atoms with Gasteiger partial charge in [-0.3, -0.25) is 0 Å². The van der Waals surface area contributed by atoms with Crippen molar-refractivity contribution in [3.05, 3.63) is 59.9 Å². The van der Waals surface area contributed by atoms with Crippen molar-refractivity contribution in [3.8, 4) is 11.5 Å². The highest BCUT2D eigenvalue weighted by Crippen LogP contribution is 2.22. The average Bonchev–Trinajstić information content (AvgIpc) is 2.57. The average molecular weight is 301 g/mol. The van der Waals surface area contributed by atoms with Crippen molar-refractivity contribution in [1.82, 2.24) is 5.32 Å². The van der Waals surface area contributed by atoms with Gasteiger partial charge in [-0.2, -0.15) is 0 Å². The molecule has 0 saturated carbocycles. The van der Waals surface area contributed by atoms with Crippen molar-refractivity contribution in [2.24, 2.45) is 0 Å². The second-order valence-corrected chi connectivity index (χ2v) is 5.47. The molecule has 0 bridgehead atoms. The predicted molar refractivity (Wildman–Crippen MR) is 83.6 cm³/mol. The van der Waals surface area contributed by atoms with Crippen molar-refractivity contribution in [2.75, 3.05) is 13.2 Å². The van der Waals surface area contributed by atoms with Crippen LogP contribution in [0.5, 0.6) is 11.5 Å². The van der Waals surface area contributed by atoms with E-state index in [1.54, 1.807) is 12.1 Å². The lowest BCUT2D eigenvalue weighted by Crippen LogP contribution is -2.34. The Morgan fingerprint density at radius 1 is 0.955 bits per heavy atom. The summed E-state index contributed by atoms with van der Waals surface area (Å²) in [5.74, 6) is 1.12. The van der Waals surface area contributed by atoms with Gasteiger partial charge in [-0.25, -0.2) is 4.39 Å². The van der Waals surface area contributed by atoms with Crippen LogP contribution < -0.4 is 10.1 Å². The molecule has 1 aliphatic heterocycles. The van der Waals surface area contributed by atoms with Crippen molar-refractivity contribution in [3.63, 3.8) is 0 Å². The van der Waals surface area contributed by atoms with E-state index in [4.69, 9.17) is 9.47 Å². The summed E-state index contributed by atoms with van der Waals surface area (Å²) in [6.45, 7) is 2.55. The zero-order valence-corrected chi connectivity index (χ0v) is 12.4. The van der Waals surface area contributed by atoms with Gasteiger partial charge in [-0.05, 0) is 54.8 Å². The summed E-state index contributed by atoms with van der Waals surface area (Å²) in [5.41, 5.74) is 1.22. The van der Waals surface area contributed by atoms with Gasteiger partial charge in [0, 0.05) is 25.8 Å². The molecular weight excluding hydrogens is 281 g/mol. The highest BCUT2D eigenvalue weighted by molar-refractivity contribution is 5.33. The normalized spacial score (nSPS) is 15.7. The van der Waals surface area contributed by atoms with E-state index >= 15 is 0 Å². The number of hydrogen-bond donors (Lipinski definition) is 1. The van der Waals surface area contributed by atoms with Crippen LogP contribution in [0, 0.1) is 5.82 Å². The minimum absolute atomic E-state index is 0.262. The summed E-state index contributed by atoms with van der Waals surface area (Å²) in [5, 5.41) is 3.55. The third kappa shape index (κ3) is 4.29. The van der Waals surface area contributed by atoms with Gasteiger partial charge in [0.2, 0.25) is 0 Å². The molecular formula is C18H20FNO2. The van der Waals surface area contributed by atoms with Crippen LogP contribution in [0.25, 0.3) is 0 Å². The van der Waals surface area contributed by atoms with E-state index in [1.165, 1.54) is 17.7 Å². The van der Waals surface area contributed by atoms with E-state index in [2.05, 4.69) is 5.32 Å². The highest BCUT2D eigenvalue weighted by Gasteiger charge is 2.12. The molecule has 3 nitrogen and oxygen atoms in total. The largest absolute Gasteiger partial charge is 0.457 e. The summed E-state index contributed by atoms with van der Waals surface area (Å²) in [4.78, 5) is 0. The van der Waals surface area contributed by atoms with Gasteiger partial charge in [-0.1, -0.05) is 12.1 Å². The lowest BCUT2D eigenvalue weighted by Gasteiger charge is -2.23. The smallest absolute Gasteiger partial charge is 0.127 e. The van der Waals surface area contributed by atoms with Gasteiger partial charge >= 0.3 is 0 Å². The Bertz CT molecular complexity index is 577. The van der Waals surface area contributed by atoms with E-state index in [-0.39, 0.29) is 5.82 Å². The van der Waals surface area contributed by atoms with Crippen molar-refractivity contribution in [2.45, 2.75) is 25.4 Å². The lowest BCUT2D eigenvalue weighted by molar-refractivity contribution is 0.0776. The van der Waals surface area contributed by atoms with Gasteiger partial charge in [0.25, 0.3) is 0 Å². The predicted octanol–water partition coefficient (Wildman–Crippen LogP) is 3.89. The maximum Gasteiger partial charge on any atom is 0.127 e. The fourth-order valence-corrected chi connectivity index (χ4v) is 2.48. The quantitative estimate of drug-likeness (QED) is 0.909. The SMILES string of the molecule is Fc1ccc(Oc2ccc(CNC3CCOCC3)cc2)cc1. The van der Waals surface area contributed by atoms with Crippen LogP contribution in [0.1, 0.15) is 18.4 Å². The van der Waals surface area contributed by atoms with Gasteiger partial charge in [0.05, 0.1) is 0 Å². The highest BCUT2D eigenvalue weighted by atomic mass is 19.1. The van der Waals surface area contributed by atoms with Gasteiger partial charge in [-0.15, -0.1) is 0 Å². The summed E-state index contributed by atoms with van der Waals surface area (Å²) in [6.07, 6.45) is 2.15. The summed E-state index contributed by atoms with van der Waals surface area (Å²) >= 11 is 0. The number of nitrogens with one attached hydrogen (secondary N) is 1. The molecule has 1 saturated heterocycles. The molecule has 1 heterocycles. The first kappa shape index (κ1) is 15.0. The molecule has 0 amide bonds. The number of hydrogen-bond acceptors (Lipinski definition) is 3. The summed E-state index contributed by atoms with van der Waals surface area (Å²) in [6, 6.07) is 14.5. The monoisotopic (exact) mass is 301 g/mol. The molecule has 0 aliphatic carbocycles. The first-order valence-corrected chi connectivity index (χ1v) is 7.63. The lowest BCUT2D eigenvalue weighted by atomic mass is 10.1. The first-order chi connectivity index (χ1) is 10.8. The molecule has 2 aromatic rings. The zero-order chi connectivity index (χ0) is 15.2. The maximum absolute atomic E-state index is 12.8. The third-order valence-electron chi connectivity index (χ3n) is 3.79. The van der Waals surface area contributed by atoms with E-state index in [1.807, 2.05) is 24.3 Å². The van der Waals surface area contributed by atoms with Crippen LogP contribution >= 0.6 is 0 Å². The zero-order valence-electron chi connectivity index (χ0n) is 12.4. The molecule has 1 aliphatic rings. The van der Waals surface area contributed by atoms with Gasteiger partial charge in [0.15, 0.2) is 0 Å². The number of halogens is 1. The number of ether oxygens (including phenoxy) is 2. The molecule has 4 heteroatoms. The van der Waals surface area contributed by atoms with E-state index in [0.717, 1.165) is 38.3 Å². The third-order valence-corrected chi connectivity index (χ3v) is 3.79. The fourth-order valence-electron chi connectivity index (χ4n) is 2.48. The van der Waals surface area contributed by atoms with Crippen molar-refractivity contribution >= 4 is 0 Å². The molecule has 0 radical (unpaired) electrons. The Morgan fingerprint density at radius 2 is 1.55 bits per heavy atom. The molecule has 116 valence electrons. The minimum atomic E-state index is -0.262.